The zero-order chi connectivity index (χ0) is 12.6. The summed E-state index contributed by atoms with van der Waals surface area (Å²) >= 11 is 0. The fourth-order valence-electron chi connectivity index (χ4n) is 2.20. The third-order valence-electron chi connectivity index (χ3n) is 3.77. The zero-order valence-electron chi connectivity index (χ0n) is 11.6. The first-order chi connectivity index (χ1) is 7.99. The minimum absolute atomic E-state index is 0. The first kappa shape index (κ1) is 16.3. The molecule has 2 unspecified atom stereocenters. The number of rotatable bonds is 2. The van der Waals surface area contributed by atoms with E-state index < -0.39 is 0 Å². The molecule has 0 saturated heterocycles. The van der Waals surface area contributed by atoms with Crippen LogP contribution in [0.1, 0.15) is 44.7 Å². The van der Waals surface area contributed by atoms with Gasteiger partial charge >= 0.3 is 0 Å². The van der Waals surface area contributed by atoms with Crippen molar-refractivity contribution in [3.05, 3.63) is 29.3 Å². The largest absolute Gasteiger partial charge is 0.392 e. The zero-order valence-corrected chi connectivity index (χ0v) is 16.4. The third-order valence-corrected chi connectivity index (χ3v) is 3.77. The van der Waals surface area contributed by atoms with E-state index >= 15 is 0 Å². The Morgan fingerprint density at radius 3 is 2.67 bits per heavy atom. The van der Waals surface area contributed by atoms with Crippen molar-refractivity contribution in [1.29, 1.82) is 0 Å². The molecule has 0 fully saturated rings. The van der Waals surface area contributed by atoms with Crippen LogP contribution in [-0.2, 0) is 6.42 Å². The molecule has 0 amide bonds. The van der Waals surface area contributed by atoms with Crippen LogP contribution >= 0.6 is 0 Å². The SMILES string of the molecule is CC(=Nc1ccc2c(c1)C(C)C(O)C2)C(C)C.[Ac]. The van der Waals surface area contributed by atoms with Crippen LogP contribution in [-0.4, -0.2) is 16.9 Å². The van der Waals surface area contributed by atoms with E-state index in [2.05, 4.69) is 50.9 Å². The number of benzene rings is 1. The molecular weight excluding hydrogens is 437 g/mol. The number of hydrogen-bond acceptors (Lipinski definition) is 2. The molecular formula is C15H21AcNO. The van der Waals surface area contributed by atoms with Crippen LogP contribution < -0.4 is 0 Å². The van der Waals surface area contributed by atoms with Crippen molar-refractivity contribution in [2.45, 2.75) is 46.1 Å². The van der Waals surface area contributed by atoms with Crippen LogP contribution in [0.15, 0.2) is 23.2 Å². The van der Waals surface area contributed by atoms with E-state index in [-0.39, 0.29) is 56.1 Å². The summed E-state index contributed by atoms with van der Waals surface area (Å²) in [5.74, 6) is 0.714. The maximum Gasteiger partial charge on any atom is 0.0646 e. The summed E-state index contributed by atoms with van der Waals surface area (Å²) in [6.45, 7) is 8.45. The molecule has 0 aromatic heterocycles. The van der Waals surface area contributed by atoms with Gasteiger partial charge in [0.15, 0.2) is 0 Å². The Bertz CT molecular complexity index is 454. The van der Waals surface area contributed by atoms with E-state index in [1.165, 1.54) is 11.1 Å². The fraction of sp³-hybridized carbons (Fsp3) is 0.533. The van der Waals surface area contributed by atoms with Crippen molar-refractivity contribution >= 4 is 11.4 Å². The van der Waals surface area contributed by atoms with Crippen molar-refractivity contribution in [2.24, 2.45) is 10.9 Å². The molecule has 1 aliphatic rings. The van der Waals surface area contributed by atoms with Gasteiger partial charge < -0.3 is 5.11 Å². The smallest absolute Gasteiger partial charge is 0.0646 e. The molecule has 2 nitrogen and oxygen atoms in total. The van der Waals surface area contributed by atoms with Crippen molar-refractivity contribution in [3.8, 4) is 0 Å². The first-order valence-corrected chi connectivity index (χ1v) is 6.35. The Hall–Kier alpha value is 0.292. The van der Waals surface area contributed by atoms with Crippen molar-refractivity contribution in [2.75, 3.05) is 0 Å². The third kappa shape index (κ3) is 3.44. The van der Waals surface area contributed by atoms with Crippen LogP contribution in [0, 0.1) is 50.0 Å². The van der Waals surface area contributed by atoms with Crippen molar-refractivity contribution in [1.82, 2.24) is 0 Å². The molecule has 2 atom stereocenters. The minimum atomic E-state index is -0.226. The molecule has 3 heteroatoms. The monoisotopic (exact) mass is 458 g/mol. The number of hydrogen-bond donors (Lipinski definition) is 1. The molecule has 0 aliphatic heterocycles. The minimum Gasteiger partial charge on any atom is -0.392 e. The van der Waals surface area contributed by atoms with Gasteiger partial charge in [0.05, 0.1) is 11.8 Å². The Morgan fingerprint density at radius 1 is 1.39 bits per heavy atom. The van der Waals surface area contributed by atoms with Gasteiger partial charge in [0, 0.05) is 55.7 Å². The molecule has 1 radical (unpaired) electrons. The number of aliphatic imine (C=N–C) groups is 1. The first-order valence-electron chi connectivity index (χ1n) is 6.35. The van der Waals surface area contributed by atoms with Crippen LogP contribution in [0.2, 0.25) is 0 Å². The summed E-state index contributed by atoms with van der Waals surface area (Å²) < 4.78 is 0. The van der Waals surface area contributed by atoms with Crippen LogP contribution in [0.25, 0.3) is 0 Å². The molecule has 1 aliphatic carbocycles. The predicted octanol–water partition coefficient (Wildman–Crippen LogP) is 3.46. The second-order valence-corrected chi connectivity index (χ2v) is 5.35. The van der Waals surface area contributed by atoms with Gasteiger partial charge in [-0.1, -0.05) is 26.8 Å². The molecule has 0 bridgehead atoms. The Morgan fingerprint density at radius 2 is 2.06 bits per heavy atom. The fourth-order valence-corrected chi connectivity index (χ4v) is 2.20. The Kier molecular flexibility index (Phi) is 6.03. The van der Waals surface area contributed by atoms with E-state index in [9.17, 15) is 5.11 Å². The Balaban J connectivity index is 0.00000162. The molecule has 0 saturated carbocycles. The van der Waals surface area contributed by atoms with E-state index in [1.54, 1.807) is 0 Å². The van der Waals surface area contributed by atoms with Crippen molar-refractivity contribution in [3.63, 3.8) is 0 Å². The summed E-state index contributed by atoms with van der Waals surface area (Å²) in [5.41, 5.74) is 4.69. The van der Waals surface area contributed by atoms with Gasteiger partial charge in [0.25, 0.3) is 0 Å². The van der Waals surface area contributed by atoms with Crippen LogP contribution in [0.4, 0.5) is 5.69 Å². The van der Waals surface area contributed by atoms with Gasteiger partial charge in [-0.2, -0.15) is 0 Å². The van der Waals surface area contributed by atoms with Gasteiger partial charge in [0.2, 0.25) is 0 Å². The quantitative estimate of drug-likeness (QED) is 0.677. The van der Waals surface area contributed by atoms with E-state index in [4.69, 9.17) is 0 Å². The summed E-state index contributed by atoms with van der Waals surface area (Å²) in [6, 6.07) is 6.28. The van der Waals surface area contributed by atoms with E-state index in [0.717, 1.165) is 17.8 Å². The average molecular weight is 458 g/mol. The normalized spacial score (nSPS) is 22.9. The van der Waals surface area contributed by atoms with E-state index in [0.29, 0.717) is 5.92 Å². The molecule has 0 heterocycles. The van der Waals surface area contributed by atoms with Gasteiger partial charge in [0.1, 0.15) is 0 Å². The average Bonchev–Trinajstić information content (AvgIpc) is 2.55. The topological polar surface area (TPSA) is 32.6 Å². The summed E-state index contributed by atoms with van der Waals surface area (Å²) in [5, 5.41) is 9.84. The molecule has 1 N–H and O–H groups in total. The van der Waals surface area contributed by atoms with Crippen LogP contribution in [0.5, 0.6) is 0 Å². The van der Waals surface area contributed by atoms with Gasteiger partial charge in [-0.15, -0.1) is 0 Å². The second kappa shape index (κ2) is 6.64. The summed E-state index contributed by atoms with van der Waals surface area (Å²) in [4.78, 5) is 4.63. The molecule has 1 aromatic rings. The number of aliphatic hydroxyl groups is 1. The molecule has 2 rings (SSSR count). The van der Waals surface area contributed by atoms with Gasteiger partial charge in [-0.05, 0) is 42.5 Å². The maximum absolute atomic E-state index is 9.84. The second-order valence-electron chi connectivity index (χ2n) is 5.35. The Labute approximate surface area is 145 Å². The van der Waals surface area contributed by atoms with Crippen molar-refractivity contribution < 1.29 is 49.2 Å². The molecule has 18 heavy (non-hydrogen) atoms. The van der Waals surface area contributed by atoms with Gasteiger partial charge in [-0.25, -0.2) is 0 Å². The maximum atomic E-state index is 9.84. The van der Waals surface area contributed by atoms with Gasteiger partial charge in [-0.3, -0.25) is 4.99 Å². The number of aliphatic hydroxyl groups excluding tert-OH is 1. The van der Waals surface area contributed by atoms with E-state index in [1.807, 2.05) is 0 Å². The predicted molar refractivity (Wildman–Crippen MR) is 72.2 cm³/mol. The molecule has 0 spiro atoms. The number of nitrogens with zero attached hydrogens (tertiary/aromatic N) is 1. The molecule has 1 aromatic carbocycles. The standard InChI is InChI=1S/C15H21NO.Ac/c1-9(2)11(4)16-13-6-5-12-7-15(17)10(3)14(12)8-13;/h5-6,8-10,15,17H,7H2,1-4H3;. The number of fused-ring (bicyclic) bond motifs is 1. The summed E-state index contributed by atoms with van der Waals surface area (Å²) in [6.07, 6.45) is 0.555. The molecule has 95 valence electrons. The van der Waals surface area contributed by atoms with Crippen LogP contribution in [0.3, 0.4) is 0 Å². The summed E-state index contributed by atoms with van der Waals surface area (Å²) in [7, 11) is 0.